The second-order valence-corrected chi connectivity index (χ2v) is 11.8. The Kier molecular flexibility index (Phi) is 5.76. The molecule has 1 heterocycles. The van der Waals surface area contributed by atoms with Crippen LogP contribution in [0.25, 0.3) is 44.2 Å². The van der Waals surface area contributed by atoms with Crippen LogP contribution in [0.1, 0.15) is 22.3 Å². The average molecular weight is 576 g/mol. The van der Waals surface area contributed by atoms with Crippen molar-refractivity contribution in [3.05, 3.63) is 192 Å². The lowest BCUT2D eigenvalue weighted by molar-refractivity contribution is 0.669. The number of fused-ring (bicyclic) bond motifs is 6. The summed E-state index contributed by atoms with van der Waals surface area (Å²) in [5, 5.41) is 5.92. The molecule has 0 saturated carbocycles. The second-order valence-electron chi connectivity index (χ2n) is 11.8. The molecule has 1 aliphatic rings. The van der Waals surface area contributed by atoms with Gasteiger partial charge in [-0.1, -0.05) is 127 Å². The molecule has 0 unspecified atom stereocenters. The van der Waals surface area contributed by atoms with E-state index in [0.29, 0.717) is 0 Å². The first-order valence-electron chi connectivity index (χ1n) is 15.4. The molecule has 212 valence electrons. The van der Waals surface area contributed by atoms with Gasteiger partial charge in [0.2, 0.25) is 0 Å². The van der Waals surface area contributed by atoms with E-state index in [-0.39, 0.29) is 5.41 Å². The minimum atomic E-state index is -0.379. The maximum absolute atomic E-state index is 6.03. The van der Waals surface area contributed by atoms with Crippen LogP contribution in [-0.4, -0.2) is 0 Å². The van der Waals surface area contributed by atoms with Crippen LogP contribution in [0.15, 0.2) is 174 Å². The van der Waals surface area contributed by atoms with Gasteiger partial charge < -0.3 is 9.73 Å². The van der Waals surface area contributed by atoms with E-state index in [2.05, 4.69) is 163 Å². The number of benzene rings is 7. The molecule has 9 rings (SSSR count). The van der Waals surface area contributed by atoms with Gasteiger partial charge in [0, 0.05) is 22.1 Å². The highest BCUT2D eigenvalue weighted by Gasteiger charge is 2.45. The summed E-state index contributed by atoms with van der Waals surface area (Å²) >= 11 is 0. The number of hydrogen-bond donors (Lipinski definition) is 1. The van der Waals surface area contributed by atoms with Crippen molar-refractivity contribution in [2.75, 3.05) is 5.32 Å². The fraction of sp³-hybridized carbons (Fsp3) is 0.0233. The van der Waals surface area contributed by atoms with Crippen molar-refractivity contribution in [1.29, 1.82) is 0 Å². The molecule has 2 nitrogen and oxygen atoms in total. The smallest absolute Gasteiger partial charge is 0.135 e. The van der Waals surface area contributed by atoms with Gasteiger partial charge in [0.15, 0.2) is 0 Å². The zero-order chi connectivity index (χ0) is 29.8. The van der Waals surface area contributed by atoms with Crippen LogP contribution in [0.2, 0.25) is 0 Å². The third-order valence-corrected chi connectivity index (χ3v) is 9.36. The van der Waals surface area contributed by atoms with Crippen LogP contribution in [-0.2, 0) is 5.41 Å². The maximum Gasteiger partial charge on any atom is 0.135 e. The first-order chi connectivity index (χ1) is 22.3. The zero-order valence-corrected chi connectivity index (χ0v) is 24.6. The molecule has 0 aliphatic heterocycles. The van der Waals surface area contributed by atoms with E-state index in [1.807, 2.05) is 12.1 Å². The maximum atomic E-state index is 6.03. The number of anilines is 2. The Balaban J connectivity index is 1.05. The van der Waals surface area contributed by atoms with Gasteiger partial charge in [0.25, 0.3) is 0 Å². The summed E-state index contributed by atoms with van der Waals surface area (Å²) < 4.78 is 6.03. The minimum Gasteiger partial charge on any atom is -0.456 e. The fourth-order valence-corrected chi connectivity index (χ4v) is 7.33. The molecule has 8 aromatic rings. The summed E-state index contributed by atoms with van der Waals surface area (Å²) in [6.07, 6.45) is 0. The standard InChI is InChI=1S/C43H29NO/c1-2-10-31(11-3-1)43(39-15-7-4-12-35(39)36-13-5-8-16-40(36)43)32-21-25-34(26-22-32)44-33-23-18-29(19-24-33)30-20-27-42-38(28-30)37-14-6-9-17-41(37)45-42/h1-28,44H. The lowest BCUT2D eigenvalue weighted by Crippen LogP contribution is -2.28. The molecule has 0 fully saturated rings. The van der Waals surface area contributed by atoms with Gasteiger partial charge in [0.1, 0.15) is 11.2 Å². The van der Waals surface area contributed by atoms with Gasteiger partial charge >= 0.3 is 0 Å². The Morgan fingerprint density at radius 1 is 0.400 bits per heavy atom. The molecule has 0 amide bonds. The summed E-state index contributed by atoms with van der Waals surface area (Å²) in [4.78, 5) is 0. The van der Waals surface area contributed by atoms with Crippen LogP contribution < -0.4 is 5.32 Å². The monoisotopic (exact) mass is 575 g/mol. The van der Waals surface area contributed by atoms with E-state index in [1.54, 1.807) is 0 Å². The molecular weight excluding hydrogens is 546 g/mol. The van der Waals surface area contributed by atoms with Crippen LogP contribution >= 0.6 is 0 Å². The zero-order valence-electron chi connectivity index (χ0n) is 24.6. The van der Waals surface area contributed by atoms with Crippen LogP contribution in [0.3, 0.4) is 0 Å². The van der Waals surface area contributed by atoms with Crippen molar-refractivity contribution < 1.29 is 4.42 Å². The highest BCUT2D eigenvalue weighted by Crippen LogP contribution is 2.56. The molecule has 0 saturated heterocycles. The Morgan fingerprint density at radius 3 is 1.64 bits per heavy atom. The molecule has 7 aromatic carbocycles. The van der Waals surface area contributed by atoms with Crippen molar-refractivity contribution in [1.82, 2.24) is 0 Å². The number of nitrogens with one attached hydrogen (secondary N) is 1. The van der Waals surface area contributed by atoms with Gasteiger partial charge in [0.05, 0.1) is 5.41 Å². The largest absolute Gasteiger partial charge is 0.456 e. The molecule has 0 spiro atoms. The predicted molar refractivity (Wildman–Crippen MR) is 186 cm³/mol. The molecule has 0 radical (unpaired) electrons. The SMILES string of the molecule is c1ccc(C2(c3ccc(Nc4ccc(-c5ccc6oc7ccccc7c6c5)cc4)cc3)c3ccccc3-c3ccccc32)cc1. The van der Waals surface area contributed by atoms with E-state index in [1.165, 1.54) is 44.5 Å². The van der Waals surface area contributed by atoms with Crippen molar-refractivity contribution in [2.24, 2.45) is 0 Å². The average Bonchev–Trinajstić information content (AvgIpc) is 3.63. The van der Waals surface area contributed by atoms with Gasteiger partial charge in [-0.2, -0.15) is 0 Å². The third-order valence-electron chi connectivity index (χ3n) is 9.36. The van der Waals surface area contributed by atoms with Crippen molar-refractivity contribution in [3.63, 3.8) is 0 Å². The summed E-state index contributed by atoms with van der Waals surface area (Å²) in [5.41, 5.74) is 13.7. The van der Waals surface area contributed by atoms with Gasteiger partial charge in [-0.15, -0.1) is 0 Å². The Hall–Kier alpha value is -5.86. The summed E-state index contributed by atoms with van der Waals surface area (Å²) in [7, 11) is 0. The lowest BCUT2D eigenvalue weighted by atomic mass is 9.68. The summed E-state index contributed by atoms with van der Waals surface area (Å²) in [6.45, 7) is 0. The van der Waals surface area contributed by atoms with E-state index in [4.69, 9.17) is 4.42 Å². The quantitative estimate of drug-likeness (QED) is 0.221. The number of hydrogen-bond acceptors (Lipinski definition) is 2. The molecule has 0 bridgehead atoms. The van der Waals surface area contributed by atoms with Crippen LogP contribution in [0.4, 0.5) is 11.4 Å². The summed E-state index contributed by atoms with van der Waals surface area (Å²) in [5.74, 6) is 0. The molecule has 0 atom stereocenters. The molecular formula is C43H29NO. The van der Waals surface area contributed by atoms with Gasteiger partial charge in [-0.25, -0.2) is 0 Å². The van der Waals surface area contributed by atoms with Gasteiger partial charge in [-0.05, 0) is 87.0 Å². The highest BCUT2D eigenvalue weighted by atomic mass is 16.3. The van der Waals surface area contributed by atoms with Crippen molar-refractivity contribution in [2.45, 2.75) is 5.41 Å². The van der Waals surface area contributed by atoms with Crippen molar-refractivity contribution >= 4 is 33.3 Å². The van der Waals surface area contributed by atoms with Crippen LogP contribution in [0, 0.1) is 0 Å². The normalized spacial score (nSPS) is 13.1. The molecule has 1 N–H and O–H groups in total. The molecule has 45 heavy (non-hydrogen) atoms. The first kappa shape index (κ1) is 25.6. The summed E-state index contributed by atoms with van der Waals surface area (Å²) in [6, 6.07) is 60.9. The number of furan rings is 1. The van der Waals surface area contributed by atoms with E-state index in [9.17, 15) is 0 Å². The van der Waals surface area contributed by atoms with E-state index >= 15 is 0 Å². The van der Waals surface area contributed by atoms with E-state index in [0.717, 1.165) is 33.3 Å². The number of para-hydroxylation sites is 1. The van der Waals surface area contributed by atoms with Crippen molar-refractivity contribution in [3.8, 4) is 22.3 Å². The Bertz CT molecular complexity index is 2280. The lowest BCUT2D eigenvalue weighted by Gasteiger charge is -2.34. The van der Waals surface area contributed by atoms with Gasteiger partial charge in [-0.3, -0.25) is 0 Å². The fourth-order valence-electron chi connectivity index (χ4n) is 7.33. The van der Waals surface area contributed by atoms with E-state index < -0.39 is 0 Å². The predicted octanol–water partition coefficient (Wildman–Crippen LogP) is 11.4. The molecule has 1 aliphatic carbocycles. The minimum absolute atomic E-state index is 0.379. The Morgan fingerprint density at radius 2 is 0.933 bits per heavy atom. The number of rotatable bonds is 5. The van der Waals surface area contributed by atoms with Crippen LogP contribution in [0.5, 0.6) is 0 Å². The second kappa shape index (κ2) is 10.1. The first-order valence-corrected chi connectivity index (χ1v) is 15.4. The molecule has 2 heteroatoms. The topological polar surface area (TPSA) is 25.2 Å². The Labute approximate surface area is 262 Å². The molecule has 1 aromatic heterocycles. The highest BCUT2D eigenvalue weighted by molar-refractivity contribution is 6.06. The third kappa shape index (κ3) is 3.96.